The maximum atomic E-state index is 5.20. The van der Waals surface area contributed by atoms with E-state index in [1.165, 1.54) is 31.2 Å². The van der Waals surface area contributed by atoms with Crippen LogP contribution < -0.4 is 10.1 Å². The van der Waals surface area contributed by atoms with Crippen molar-refractivity contribution in [3.63, 3.8) is 0 Å². The Morgan fingerprint density at radius 2 is 2.05 bits per heavy atom. The van der Waals surface area contributed by atoms with Crippen molar-refractivity contribution in [2.24, 2.45) is 0 Å². The summed E-state index contributed by atoms with van der Waals surface area (Å²) < 4.78 is 5.20. The van der Waals surface area contributed by atoms with E-state index in [1.807, 2.05) is 23.9 Å². The third-order valence-electron chi connectivity index (χ3n) is 4.18. The fourth-order valence-electron chi connectivity index (χ4n) is 3.09. The van der Waals surface area contributed by atoms with E-state index in [1.54, 1.807) is 7.11 Å². The number of benzene rings is 1. The maximum Gasteiger partial charge on any atom is 0.118 e. The number of rotatable bonds is 6. The molecule has 2 rings (SSSR count). The minimum atomic E-state index is 0.536. The summed E-state index contributed by atoms with van der Waals surface area (Å²) >= 11 is 2.03. The molecular formula is C17H27NOS. The Morgan fingerprint density at radius 1 is 1.30 bits per heavy atom. The van der Waals surface area contributed by atoms with Gasteiger partial charge in [0, 0.05) is 17.3 Å². The molecule has 112 valence electrons. The van der Waals surface area contributed by atoms with Gasteiger partial charge in [-0.25, -0.2) is 0 Å². The lowest BCUT2D eigenvalue weighted by Gasteiger charge is -2.31. The molecule has 0 heterocycles. The van der Waals surface area contributed by atoms with Crippen LogP contribution in [0.25, 0.3) is 0 Å². The predicted molar refractivity (Wildman–Crippen MR) is 88.9 cm³/mol. The zero-order valence-corrected chi connectivity index (χ0v) is 13.7. The van der Waals surface area contributed by atoms with Crippen molar-refractivity contribution in [1.29, 1.82) is 0 Å². The molecule has 0 amide bonds. The van der Waals surface area contributed by atoms with Crippen molar-refractivity contribution >= 4 is 11.8 Å². The molecule has 1 aliphatic rings. The topological polar surface area (TPSA) is 21.3 Å². The molecule has 1 aromatic rings. The quantitative estimate of drug-likeness (QED) is 0.860. The summed E-state index contributed by atoms with van der Waals surface area (Å²) in [6.45, 7) is 2.30. The Bertz CT molecular complexity index is 392. The lowest BCUT2D eigenvalue weighted by molar-refractivity contribution is 0.349. The second-order valence-corrected chi connectivity index (χ2v) is 6.98. The van der Waals surface area contributed by atoms with Gasteiger partial charge in [0.25, 0.3) is 0 Å². The molecule has 3 heteroatoms. The van der Waals surface area contributed by atoms with Gasteiger partial charge in [-0.05, 0) is 56.6 Å². The number of hydrogen-bond donors (Lipinski definition) is 1. The third-order valence-corrected chi connectivity index (χ3v) is 5.28. The van der Waals surface area contributed by atoms with Crippen LogP contribution in [0.3, 0.4) is 0 Å². The van der Waals surface area contributed by atoms with Crippen LogP contribution in [0.1, 0.15) is 38.2 Å². The van der Waals surface area contributed by atoms with Gasteiger partial charge >= 0.3 is 0 Å². The van der Waals surface area contributed by atoms with Gasteiger partial charge in [0.15, 0.2) is 0 Å². The highest BCUT2D eigenvalue weighted by Crippen LogP contribution is 2.27. The molecule has 1 aromatic carbocycles. The van der Waals surface area contributed by atoms with E-state index in [0.29, 0.717) is 12.1 Å². The smallest absolute Gasteiger partial charge is 0.118 e. The largest absolute Gasteiger partial charge is 0.497 e. The molecule has 20 heavy (non-hydrogen) atoms. The third kappa shape index (κ3) is 4.71. The number of thioether (sulfide) groups is 1. The lowest BCUT2D eigenvalue weighted by Crippen LogP contribution is -2.41. The Labute approximate surface area is 127 Å². The summed E-state index contributed by atoms with van der Waals surface area (Å²) in [6.07, 6.45) is 8.76. The summed E-state index contributed by atoms with van der Waals surface area (Å²) in [4.78, 5) is 0. The van der Waals surface area contributed by atoms with Crippen molar-refractivity contribution in [2.45, 2.75) is 56.4 Å². The summed E-state index contributed by atoms with van der Waals surface area (Å²) in [5, 5.41) is 4.67. The first-order chi connectivity index (χ1) is 9.71. The zero-order chi connectivity index (χ0) is 14.4. The molecule has 1 saturated carbocycles. The fraction of sp³-hybridized carbons (Fsp3) is 0.647. The summed E-state index contributed by atoms with van der Waals surface area (Å²) in [5.41, 5.74) is 1.38. The molecule has 2 nitrogen and oxygen atoms in total. The van der Waals surface area contributed by atoms with E-state index in [2.05, 4.69) is 30.6 Å². The SMILES string of the molecule is COc1ccc(CC(C)NC2CCCC(SC)C2)cc1. The van der Waals surface area contributed by atoms with Crippen molar-refractivity contribution < 1.29 is 4.74 Å². The van der Waals surface area contributed by atoms with Crippen LogP contribution in [0.2, 0.25) is 0 Å². The first-order valence-corrected chi connectivity index (χ1v) is 8.92. The van der Waals surface area contributed by atoms with E-state index in [0.717, 1.165) is 17.4 Å². The minimum Gasteiger partial charge on any atom is -0.497 e. The Balaban J connectivity index is 1.80. The van der Waals surface area contributed by atoms with Crippen LogP contribution in [0.15, 0.2) is 24.3 Å². The summed E-state index contributed by atoms with van der Waals surface area (Å²) in [7, 11) is 1.71. The van der Waals surface area contributed by atoms with Gasteiger partial charge in [-0.3, -0.25) is 0 Å². The average molecular weight is 293 g/mol. The molecular weight excluding hydrogens is 266 g/mol. The molecule has 0 bridgehead atoms. The van der Waals surface area contributed by atoms with Crippen LogP contribution in [0, 0.1) is 0 Å². The maximum absolute atomic E-state index is 5.20. The lowest BCUT2D eigenvalue weighted by atomic mass is 9.94. The Morgan fingerprint density at radius 3 is 2.70 bits per heavy atom. The zero-order valence-electron chi connectivity index (χ0n) is 12.9. The number of methoxy groups -OCH3 is 1. The molecule has 0 aliphatic heterocycles. The molecule has 0 aromatic heterocycles. The normalized spacial score (nSPS) is 24.4. The van der Waals surface area contributed by atoms with E-state index in [9.17, 15) is 0 Å². The van der Waals surface area contributed by atoms with E-state index < -0.39 is 0 Å². The molecule has 3 atom stereocenters. The van der Waals surface area contributed by atoms with E-state index in [4.69, 9.17) is 4.74 Å². The van der Waals surface area contributed by atoms with Crippen LogP contribution in [0.4, 0.5) is 0 Å². The van der Waals surface area contributed by atoms with Crippen LogP contribution >= 0.6 is 11.8 Å². The van der Waals surface area contributed by atoms with Gasteiger partial charge in [0.2, 0.25) is 0 Å². The van der Waals surface area contributed by atoms with Gasteiger partial charge in [-0.2, -0.15) is 11.8 Å². The number of nitrogens with one attached hydrogen (secondary N) is 1. The van der Waals surface area contributed by atoms with Gasteiger partial charge < -0.3 is 10.1 Å². The van der Waals surface area contributed by atoms with Crippen molar-refractivity contribution in [3.05, 3.63) is 29.8 Å². The monoisotopic (exact) mass is 293 g/mol. The average Bonchev–Trinajstić information content (AvgIpc) is 2.48. The standard InChI is InChI=1S/C17H27NOS/c1-13(11-14-7-9-16(19-2)10-8-14)18-15-5-4-6-17(12-15)20-3/h7-10,13,15,17-18H,4-6,11-12H2,1-3H3. The van der Waals surface area contributed by atoms with Gasteiger partial charge in [0.05, 0.1) is 7.11 Å². The van der Waals surface area contributed by atoms with Crippen LogP contribution in [-0.2, 0) is 6.42 Å². The Kier molecular flexibility index (Phi) is 6.24. The van der Waals surface area contributed by atoms with Gasteiger partial charge in [-0.1, -0.05) is 18.6 Å². The van der Waals surface area contributed by atoms with Gasteiger partial charge in [-0.15, -0.1) is 0 Å². The Hall–Kier alpha value is -0.670. The highest BCUT2D eigenvalue weighted by Gasteiger charge is 2.22. The second kappa shape index (κ2) is 7.94. The summed E-state index contributed by atoms with van der Waals surface area (Å²) in [5.74, 6) is 0.935. The second-order valence-electron chi connectivity index (χ2n) is 5.84. The van der Waals surface area contributed by atoms with Crippen LogP contribution in [-0.4, -0.2) is 30.7 Å². The molecule has 1 N–H and O–H groups in total. The first kappa shape index (κ1) is 15.7. The van der Waals surface area contributed by atoms with Gasteiger partial charge in [0.1, 0.15) is 5.75 Å². The van der Waals surface area contributed by atoms with Crippen LogP contribution in [0.5, 0.6) is 5.75 Å². The molecule has 3 unspecified atom stereocenters. The first-order valence-electron chi connectivity index (χ1n) is 7.63. The predicted octanol–water partition coefficient (Wildman–Crippen LogP) is 3.89. The molecule has 1 fully saturated rings. The molecule has 0 radical (unpaired) electrons. The highest BCUT2D eigenvalue weighted by atomic mass is 32.2. The van der Waals surface area contributed by atoms with Crippen molar-refractivity contribution in [1.82, 2.24) is 5.32 Å². The van der Waals surface area contributed by atoms with Crippen molar-refractivity contribution in [3.8, 4) is 5.75 Å². The van der Waals surface area contributed by atoms with E-state index in [-0.39, 0.29) is 0 Å². The highest BCUT2D eigenvalue weighted by molar-refractivity contribution is 7.99. The van der Waals surface area contributed by atoms with Crippen molar-refractivity contribution in [2.75, 3.05) is 13.4 Å². The van der Waals surface area contributed by atoms with E-state index >= 15 is 0 Å². The summed E-state index contributed by atoms with van der Waals surface area (Å²) in [6, 6.07) is 9.67. The molecule has 1 aliphatic carbocycles. The number of ether oxygens (including phenoxy) is 1. The number of hydrogen-bond acceptors (Lipinski definition) is 3. The molecule has 0 spiro atoms. The fourth-order valence-corrected chi connectivity index (χ4v) is 3.91. The minimum absolute atomic E-state index is 0.536. The molecule has 0 saturated heterocycles.